The normalized spacial score (nSPS) is 10.8. The Bertz CT molecular complexity index is 637. The summed E-state index contributed by atoms with van der Waals surface area (Å²) in [6.45, 7) is 1.32. The first-order valence-corrected chi connectivity index (χ1v) is 7.76. The number of hydrogen-bond acceptors (Lipinski definition) is 2. The first-order chi connectivity index (χ1) is 10.7. The lowest BCUT2D eigenvalue weighted by molar-refractivity contribution is 0.620. The molecule has 0 saturated heterocycles. The lowest BCUT2D eigenvalue weighted by Gasteiger charge is -2.11. The summed E-state index contributed by atoms with van der Waals surface area (Å²) in [5, 5.41) is 6.42. The number of aliphatic imine (C=N–C) groups is 1. The average Bonchev–Trinajstić information content (AvgIpc) is 2.55. The van der Waals surface area contributed by atoms with E-state index in [4.69, 9.17) is 0 Å². The average molecular weight is 493 g/mol. The number of halogens is 3. The summed E-state index contributed by atoms with van der Waals surface area (Å²) in [6, 6.07) is 10.8. The Balaban J connectivity index is 0.00000264. The SMILES string of the molecule is CN=C(NCCc1ccc(F)c(Br)c1)NCc1ccccn1.I. The third-order valence-corrected chi connectivity index (χ3v) is 3.68. The van der Waals surface area contributed by atoms with Crippen LogP contribution in [0.3, 0.4) is 0 Å². The quantitative estimate of drug-likeness (QED) is 0.381. The molecular weight excluding hydrogens is 474 g/mol. The zero-order chi connectivity index (χ0) is 15.8. The molecule has 0 unspecified atom stereocenters. The van der Waals surface area contributed by atoms with E-state index in [1.165, 1.54) is 6.07 Å². The summed E-state index contributed by atoms with van der Waals surface area (Å²) in [5.41, 5.74) is 2.01. The van der Waals surface area contributed by atoms with Crippen molar-refractivity contribution < 1.29 is 4.39 Å². The van der Waals surface area contributed by atoms with Gasteiger partial charge in [0, 0.05) is 19.8 Å². The van der Waals surface area contributed by atoms with Gasteiger partial charge >= 0.3 is 0 Å². The lowest BCUT2D eigenvalue weighted by atomic mass is 10.1. The number of nitrogens with one attached hydrogen (secondary N) is 2. The third-order valence-electron chi connectivity index (χ3n) is 3.08. The van der Waals surface area contributed by atoms with Crippen molar-refractivity contribution in [1.82, 2.24) is 15.6 Å². The van der Waals surface area contributed by atoms with Gasteiger partial charge in [0.25, 0.3) is 0 Å². The molecule has 0 bridgehead atoms. The van der Waals surface area contributed by atoms with Gasteiger partial charge < -0.3 is 10.6 Å². The number of nitrogens with zero attached hydrogens (tertiary/aromatic N) is 2. The Morgan fingerprint density at radius 2 is 2.09 bits per heavy atom. The standard InChI is InChI=1S/C16H18BrFN4.HI/c1-19-16(22-11-13-4-2-3-8-20-13)21-9-7-12-5-6-15(18)14(17)10-12;/h2-6,8,10H,7,9,11H2,1H3,(H2,19,21,22);1H. The second kappa shape index (κ2) is 10.5. The van der Waals surface area contributed by atoms with E-state index >= 15 is 0 Å². The molecule has 7 heteroatoms. The molecule has 2 aromatic rings. The Morgan fingerprint density at radius 1 is 1.26 bits per heavy atom. The van der Waals surface area contributed by atoms with Crippen LogP contribution in [0.25, 0.3) is 0 Å². The van der Waals surface area contributed by atoms with Gasteiger partial charge in [0.2, 0.25) is 0 Å². The van der Waals surface area contributed by atoms with Crippen LogP contribution in [0.4, 0.5) is 4.39 Å². The van der Waals surface area contributed by atoms with Crippen LogP contribution in [0.5, 0.6) is 0 Å². The van der Waals surface area contributed by atoms with Crippen LogP contribution in [-0.2, 0) is 13.0 Å². The minimum absolute atomic E-state index is 0. The van der Waals surface area contributed by atoms with Gasteiger partial charge in [-0.2, -0.15) is 0 Å². The zero-order valence-corrected chi connectivity index (χ0v) is 16.6. The van der Waals surface area contributed by atoms with E-state index in [0.29, 0.717) is 23.5 Å². The number of guanidine groups is 1. The number of rotatable bonds is 5. The summed E-state index contributed by atoms with van der Waals surface area (Å²) in [4.78, 5) is 8.41. The molecule has 0 aliphatic heterocycles. The number of hydrogen-bond donors (Lipinski definition) is 2. The zero-order valence-electron chi connectivity index (χ0n) is 12.7. The van der Waals surface area contributed by atoms with Crippen molar-refractivity contribution >= 4 is 45.9 Å². The van der Waals surface area contributed by atoms with Gasteiger partial charge in [-0.25, -0.2) is 4.39 Å². The van der Waals surface area contributed by atoms with Crippen LogP contribution in [0.1, 0.15) is 11.3 Å². The molecule has 0 atom stereocenters. The predicted molar refractivity (Wildman–Crippen MR) is 106 cm³/mol. The van der Waals surface area contributed by atoms with Crippen LogP contribution >= 0.6 is 39.9 Å². The fourth-order valence-electron chi connectivity index (χ4n) is 1.92. The largest absolute Gasteiger partial charge is 0.356 e. The van der Waals surface area contributed by atoms with Crippen molar-refractivity contribution in [3.05, 3.63) is 64.1 Å². The highest BCUT2D eigenvalue weighted by Gasteiger charge is 2.02. The van der Waals surface area contributed by atoms with Crippen molar-refractivity contribution in [3.8, 4) is 0 Å². The maximum atomic E-state index is 13.2. The minimum atomic E-state index is -0.246. The number of aromatic nitrogens is 1. The number of benzene rings is 1. The van der Waals surface area contributed by atoms with Gasteiger partial charge in [-0.05, 0) is 52.2 Å². The Kier molecular flexibility index (Phi) is 9.08. The van der Waals surface area contributed by atoms with Crippen molar-refractivity contribution in [2.75, 3.05) is 13.6 Å². The molecule has 0 radical (unpaired) electrons. The second-order valence-electron chi connectivity index (χ2n) is 4.67. The smallest absolute Gasteiger partial charge is 0.191 e. The fraction of sp³-hybridized carbons (Fsp3) is 0.250. The lowest BCUT2D eigenvalue weighted by Crippen LogP contribution is -2.38. The summed E-state index contributed by atoms with van der Waals surface area (Å²) in [5.74, 6) is 0.469. The second-order valence-corrected chi connectivity index (χ2v) is 5.53. The van der Waals surface area contributed by atoms with E-state index in [1.54, 1.807) is 25.4 Å². The molecule has 4 nitrogen and oxygen atoms in total. The molecule has 124 valence electrons. The van der Waals surface area contributed by atoms with Crippen molar-refractivity contribution in [1.29, 1.82) is 0 Å². The molecule has 0 saturated carbocycles. The molecular formula is C16H19BrFIN4. The van der Waals surface area contributed by atoms with Crippen molar-refractivity contribution in [2.24, 2.45) is 4.99 Å². The highest BCUT2D eigenvalue weighted by atomic mass is 127. The number of pyridine rings is 1. The predicted octanol–water partition coefficient (Wildman–Crippen LogP) is 3.51. The fourth-order valence-corrected chi connectivity index (χ4v) is 2.34. The van der Waals surface area contributed by atoms with E-state index in [2.05, 4.69) is 36.5 Å². The molecule has 2 N–H and O–H groups in total. The first-order valence-electron chi connectivity index (χ1n) is 6.97. The Labute approximate surface area is 161 Å². The van der Waals surface area contributed by atoms with E-state index in [1.807, 2.05) is 18.2 Å². The molecule has 0 amide bonds. The molecule has 0 spiro atoms. The van der Waals surface area contributed by atoms with E-state index in [-0.39, 0.29) is 29.8 Å². The highest BCUT2D eigenvalue weighted by Crippen LogP contribution is 2.16. The molecule has 1 heterocycles. The third kappa shape index (κ3) is 6.82. The molecule has 0 fully saturated rings. The molecule has 2 rings (SSSR count). The van der Waals surface area contributed by atoms with Crippen LogP contribution < -0.4 is 10.6 Å². The van der Waals surface area contributed by atoms with Crippen molar-refractivity contribution in [2.45, 2.75) is 13.0 Å². The van der Waals surface area contributed by atoms with Gasteiger partial charge in [-0.15, -0.1) is 24.0 Å². The van der Waals surface area contributed by atoms with Gasteiger partial charge in [-0.3, -0.25) is 9.98 Å². The molecule has 0 aliphatic carbocycles. The van der Waals surface area contributed by atoms with E-state index < -0.39 is 0 Å². The summed E-state index contributed by atoms with van der Waals surface area (Å²) < 4.78 is 13.7. The maximum absolute atomic E-state index is 13.2. The molecule has 23 heavy (non-hydrogen) atoms. The Hall–Kier alpha value is -1.22. The Morgan fingerprint density at radius 3 is 2.74 bits per heavy atom. The topological polar surface area (TPSA) is 49.3 Å². The van der Waals surface area contributed by atoms with Gasteiger partial charge in [0.05, 0.1) is 16.7 Å². The molecule has 1 aromatic carbocycles. The molecule has 0 aliphatic rings. The van der Waals surface area contributed by atoms with E-state index in [0.717, 1.165) is 17.7 Å². The van der Waals surface area contributed by atoms with Crippen LogP contribution in [-0.4, -0.2) is 24.5 Å². The summed E-state index contributed by atoms with van der Waals surface area (Å²) in [7, 11) is 1.72. The van der Waals surface area contributed by atoms with Gasteiger partial charge in [0.15, 0.2) is 5.96 Å². The van der Waals surface area contributed by atoms with Crippen LogP contribution in [0.15, 0.2) is 52.1 Å². The summed E-state index contributed by atoms with van der Waals surface area (Å²) >= 11 is 3.19. The monoisotopic (exact) mass is 492 g/mol. The molecule has 1 aromatic heterocycles. The maximum Gasteiger partial charge on any atom is 0.191 e. The van der Waals surface area contributed by atoms with Crippen LogP contribution in [0, 0.1) is 5.82 Å². The van der Waals surface area contributed by atoms with E-state index in [9.17, 15) is 4.39 Å². The van der Waals surface area contributed by atoms with Crippen LogP contribution in [0.2, 0.25) is 0 Å². The first kappa shape index (κ1) is 19.8. The summed E-state index contributed by atoms with van der Waals surface area (Å²) in [6.07, 6.45) is 2.54. The van der Waals surface area contributed by atoms with Crippen molar-refractivity contribution in [3.63, 3.8) is 0 Å². The van der Waals surface area contributed by atoms with Gasteiger partial charge in [0.1, 0.15) is 5.82 Å². The minimum Gasteiger partial charge on any atom is -0.356 e. The van der Waals surface area contributed by atoms with Gasteiger partial charge in [-0.1, -0.05) is 12.1 Å². The highest BCUT2D eigenvalue weighted by molar-refractivity contribution is 14.0.